The normalized spacial score (nSPS) is 13.3. The molecule has 116 valence electrons. The Morgan fingerprint density at radius 3 is 2.64 bits per heavy atom. The highest BCUT2D eigenvalue weighted by molar-refractivity contribution is 7.97. The van der Waals surface area contributed by atoms with E-state index in [-0.39, 0.29) is 5.82 Å². The van der Waals surface area contributed by atoms with Crippen molar-refractivity contribution in [2.75, 3.05) is 0 Å². The summed E-state index contributed by atoms with van der Waals surface area (Å²) in [7, 11) is 0. The van der Waals surface area contributed by atoms with Crippen LogP contribution in [0, 0.1) is 11.7 Å². The van der Waals surface area contributed by atoms with Crippen LogP contribution in [-0.2, 0) is 0 Å². The van der Waals surface area contributed by atoms with Crippen molar-refractivity contribution in [3.63, 3.8) is 0 Å². The van der Waals surface area contributed by atoms with Crippen molar-refractivity contribution in [1.82, 2.24) is 4.72 Å². The number of hydrogen-bond acceptors (Lipinski definition) is 3. The van der Waals surface area contributed by atoms with Crippen LogP contribution in [0.25, 0.3) is 21.9 Å². The number of nitrogens with one attached hydrogen (secondary N) is 1. The molecule has 3 aromatic rings. The van der Waals surface area contributed by atoms with Crippen LogP contribution in [0.4, 0.5) is 4.39 Å². The molecule has 0 spiro atoms. The first-order chi connectivity index (χ1) is 10.5. The summed E-state index contributed by atoms with van der Waals surface area (Å²) in [6.07, 6.45) is 1.14. The summed E-state index contributed by atoms with van der Waals surface area (Å²) in [5, 5.41) is 1.98. The molecule has 0 saturated heterocycles. The van der Waals surface area contributed by atoms with Gasteiger partial charge in [-0.2, -0.15) is 0 Å². The van der Waals surface area contributed by atoms with Crippen molar-refractivity contribution >= 4 is 33.9 Å². The summed E-state index contributed by atoms with van der Waals surface area (Å²) in [5.74, 6) is 0.406. The van der Waals surface area contributed by atoms with Gasteiger partial charge in [0.05, 0.1) is 0 Å². The molecule has 4 heteroatoms. The molecule has 0 saturated carbocycles. The Morgan fingerprint density at radius 1 is 1.05 bits per heavy atom. The maximum atomic E-state index is 13.3. The van der Waals surface area contributed by atoms with Crippen LogP contribution in [0.15, 0.2) is 45.7 Å². The van der Waals surface area contributed by atoms with E-state index in [1.54, 1.807) is 18.0 Å². The standard InChI is InChI=1S/C18H20FNOS/c1-11(2)8-12(3)20-22-14-5-7-17-16(10-14)15-6-4-13(19)9-18(15)21-17/h4-7,9-12,20H,8H2,1-3H3. The SMILES string of the molecule is CC(C)CC(C)NSc1ccc2oc3cc(F)ccc3c2c1. The summed E-state index contributed by atoms with van der Waals surface area (Å²) in [4.78, 5) is 1.13. The minimum atomic E-state index is -0.273. The molecule has 0 aliphatic carbocycles. The largest absolute Gasteiger partial charge is 0.456 e. The third kappa shape index (κ3) is 3.28. The first-order valence-electron chi connectivity index (χ1n) is 7.57. The lowest BCUT2D eigenvalue weighted by molar-refractivity contribution is 0.502. The van der Waals surface area contributed by atoms with Crippen LogP contribution >= 0.6 is 11.9 Å². The number of fused-ring (bicyclic) bond motifs is 3. The molecule has 0 fully saturated rings. The van der Waals surface area contributed by atoms with E-state index in [1.165, 1.54) is 12.1 Å². The molecule has 1 heterocycles. The molecule has 1 atom stereocenters. The number of furan rings is 1. The van der Waals surface area contributed by atoms with Gasteiger partial charge in [-0.05, 0) is 61.5 Å². The lowest BCUT2D eigenvalue weighted by Crippen LogP contribution is -2.20. The molecule has 0 bridgehead atoms. The number of halogens is 1. The Kier molecular flexibility index (Phi) is 4.41. The minimum Gasteiger partial charge on any atom is -0.456 e. The average Bonchev–Trinajstić information content (AvgIpc) is 2.81. The van der Waals surface area contributed by atoms with Gasteiger partial charge in [0.25, 0.3) is 0 Å². The van der Waals surface area contributed by atoms with Gasteiger partial charge < -0.3 is 4.42 Å². The van der Waals surface area contributed by atoms with Gasteiger partial charge in [-0.3, -0.25) is 4.72 Å². The smallest absolute Gasteiger partial charge is 0.138 e. The van der Waals surface area contributed by atoms with E-state index < -0.39 is 0 Å². The van der Waals surface area contributed by atoms with Crippen molar-refractivity contribution in [3.8, 4) is 0 Å². The highest BCUT2D eigenvalue weighted by Crippen LogP contribution is 2.32. The predicted molar refractivity (Wildman–Crippen MR) is 91.6 cm³/mol. The monoisotopic (exact) mass is 317 g/mol. The molecular weight excluding hydrogens is 297 g/mol. The van der Waals surface area contributed by atoms with E-state index in [2.05, 4.69) is 31.6 Å². The number of benzene rings is 2. The molecule has 0 radical (unpaired) electrons. The van der Waals surface area contributed by atoms with Crippen LogP contribution < -0.4 is 4.72 Å². The van der Waals surface area contributed by atoms with Crippen molar-refractivity contribution in [2.45, 2.75) is 38.1 Å². The second-order valence-electron chi connectivity index (χ2n) is 6.15. The van der Waals surface area contributed by atoms with Crippen LogP contribution in [-0.4, -0.2) is 6.04 Å². The summed E-state index contributed by atoms with van der Waals surface area (Å²) in [6.45, 7) is 6.65. The van der Waals surface area contributed by atoms with E-state index in [4.69, 9.17) is 4.42 Å². The molecule has 22 heavy (non-hydrogen) atoms. The topological polar surface area (TPSA) is 25.2 Å². The predicted octanol–water partition coefficient (Wildman–Crippen LogP) is 5.76. The average molecular weight is 317 g/mol. The van der Waals surface area contributed by atoms with E-state index in [9.17, 15) is 4.39 Å². The summed E-state index contributed by atoms with van der Waals surface area (Å²) in [6, 6.07) is 11.2. The van der Waals surface area contributed by atoms with Gasteiger partial charge >= 0.3 is 0 Å². The molecule has 0 aliphatic heterocycles. The summed E-state index contributed by atoms with van der Waals surface area (Å²) < 4.78 is 22.5. The second kappa shape index (κ2) is 6.31. The molecule has 0 aliphatic rings. The molecular formula is C18H20FNOS. The maximum absolute atomic E-state index is 13.3. The minimum absolute atomic E-state index is 0.273. The van der Waals surface area contributed by atoms with Gasteiger partial charge in [-0.15, -0.1) is 0 Å². The Balaban J connectivity index is 1.84. The molecule has 1 aromatic heterocycles. The molecule has 3 rings (SSSR count). The zero-order chi connectivity index (χ0) is 15.7. The lowest BCUT2D eigenvalue weighted by atomic mass is 10.1. The number of hydrogen-bond donors (Lipinski definition) is 1. The Bertz CT molecular complexity index is 796. The Morgan fingerprint density at radius 2 is 1.86 bits per heavy atom. The molecule has 1 N–H and O–H groups in total. The third-order valence-electron chi connectivity index (χ3n) is 3.61. The fraction of sp³-hybridized carbons (Fsp3) is 0.333. The quantitative estimate of drug-likeness (QED) is 0.606. The maximum Gasteiger partial charge on any atom is 0.138 e. The molecule has 2 aromatic carbocycles. The van der Waals surface area contributed by atoms with E-state index in [1.807, 2.05) is 12.1 Å². The van der Waals surface area contributed by atoms with Gasteiger partial charge in [0.15, 0.2) is 0 Å². The molecule has 0 amide bonds. The third-order valence-corrected chi connectivity index (χ3v) is 4.62. The van der Waals surface area contributed by atoms with E-state index >= 15 is 0 Å². The molecule has 1 unspecified atom stereocenters. The van der Waals surface area contributed by atoms with Crippen LogP contribution in [0.1, 0.15) is 27.2 Å². The van der Waals surface area contributed by atoms with Gasteiger partial charge in [0, 0.05) is 27.8 Å². The van der Waals surface area contributed by atoms with Crippen LogP contribution in [0.5, 0.6) is 0 Å². The zero-order valence-corrected chi connectivity index (χ0v) is 13.8. The first kappa shape index (κ1) is 15.4. The van der Waals surface area contributed by atoms with Gasteiger partial charge in [0.1, 0.15) is 17.0 Å². The fourth-order valence-corrected chi connectivity index (χ4v) is 3.46. The number of rotatable bonds is 5. The van der Waals surface area contributed by atoms with Gasteiger partial charge in [0.2, 0.25) is 0 Å². The Hall–Kier alpha value is -1.52. The van der Waals surface area contributed by atoms with Crippen LogP contribution in [0.3, 0.4) is 0 Å². The highest BCUT2D eigenvalue weighted by atomic mass is 32.2. The van der Waals surface area contributed by atoms with Crippen molar-refractivity contribution < 1.29 is 8.81 Å². The van der Waals surface area contributed by atoms with Gasteiger partial charge in [-0.1, -0.05) is 13.8 Å². The highest BCUT2D eigenvalue weighted by Gasteiger charge is 2.10. The van der Waals surface area contributed by atoms with Crippen molar-refractivity contribution in [1.29, 1.82) is 0 Å². The van der Waals surface area contributed by atoms with E-state index in [0.29, 0.717) is 17.5 Å². The lowest BCUT2D eigenvalue weighted by Gasteiger charge is -2.14. The van der Waals surface area contributed by atoms with Crippen molar-refractivity contribution in [3.05, 3.63) is 42.2 Å². The summed E-state index contributed by atoms with van der Waals surface area (Å²) in [5.41, 5.74) is 1.39. The molecule has 2 nitrogen and oxygen atoms in total. The van der Waals surface area contributed by atoms with E-state index in [0.717, 1.165) is 27.7 Å². The Labute approximate surface area is 134 Å². The van der Waals surface area contributed by atoms with Gasteiger partial charge in [-0.25, -0.2) is 4.39 Å². The van der Waals surface area contributed by atoms with Crippen LogP contribution in [0.2, 0.25) is 0 Å². The second-order valence-corrected chi connectivity index (χ2v) is 7.06. The zero-order valence-electron chi connectivity index (χ0n) is 13.0. The first-order valence-corrected chi connectivity index (χ1v) is 8.39. The fourth-order valence-electron chi connectivity index (χ4n) is 2.72. The summed E-state index contributed by atoms with van der Waals surface area (Å²) >= 11 is 1.63. The van der Waals surface area contributed by atoms with Crippen molar-refractivity contribution in [2.24, 2.45) is 5.92 Å².